The van der Waals surface area contributed by atoms with Crippen LogP contribution >= 0.6 is 0 Å². The summed E-state index contributed by atoms with van der Waals surface area (Å²) < 4.78 is 50.3. The smallest absolute Gasteiger partial charge is 0.432 e. The standard InChI is InChI=1S/C9H6F4O3/c10-6-4-2-1-3-5(6)8(16,7(14)15)9(11,12)13/h1-4,16H,(H,14,15). The summed E-state index contributed by atoms with van der Waals surface area (Å²) in [6.45, 7) is 0. The average Bonchev–Trinajstić information content (AvgIpc) is 2.15. The van der Waals surface area contributed by atoms with Gasteiger partial charge in [-0.15, -0.1) is 0 Å². The van der Waals surface area contributed by atoms with Gasteiger partial charge in [-0.1, -0.05) is 18.2 Å². The van der Waals surface area contributed by atoms with E-state index in [1.54, 1.807) is 0 Å². The van der Waals surface area contributed by atoms with Gasteiger partial charge in [0.05, 0.1) is 0 Å². The van der Waals surface area contributed by atoms with E-state index in [2.05, 4.69) is 0 Å². The highest BCUT2D eigenvalue weighted by molar-refractivity contribution is 5.80. The highest BCUT2D eigenvalue weighted by atomic mass is 19.4. The van der Waals surface area contributed by atoms with Gasteiger partial charge in [0.1, 0.15) is 5.82 Å². The van der Waals surface area contributed by atoms with Crippen molar-refractivity contribution in [2.24, 2.45) is 0 Å². The first-order chi connectivity index (χ1) is 7.21. The fraction of sp³-hybridized carbons (Fsp3) is 0.222. The number of hydrogen-bond donors (Lipinski definition) is 2. The fourth-order valence-corrected chi connectivity index (χ4v) is 1.14. The lowest BCUT2D eigenvalue weighted by Crippen LogP contribution is -2.49. The molecule has 0 fully saturated rings. The Morgan fingerprint density at radius 2 is 1.69 bits per heavy atom. The lowest BCUT2D eigenvalue weighted by molar-refractivity contribution is -0.266. The number of rotatable bonds is 2. The number of hydrogen-bond acceptors (Lipinski definition) is 2. The first kappa shape index (κ1) is 12.4. The molecule has 0 aliphatic heterocycles. The second kappa shape index (κ2) is 3.75. The highest BCUT2D eigenvalue weighted by Gasteiger charge is 2.62. The van der Waals surface area contributed by atoms with E-state index in [-0.39, 0.29) is 0 Å². The van der Waals surface area contributed by atoms with Crippen LogP contribution in [0, 0.1) is 5.82 Å². The molecule has 88 valence electrons. The third kappa shape index (κ3) is 1.73. The van der Waals surface area contributed by atoms with Gasteiger partial charge in [0.2, 0.25) is 0 Å². The summed E-state index contributed by atoms with van der Waals surface area (Å²) in [5.41, 5.74) is -5.58. The Balaban J connectivity index is 3.46. The van der Waals surface area contributed by atoms with Gasteiger partial charge in [-0.25, -0.2) is 9.18 Å². The molecule has 1 unspecified atom stereocenters. The summed E-state index contributed by atoms with van der Waals surface area (Å²) >= 11 is 0. The molecule has 1 rings (SSSR count). The van der Waals surface area contributed by atoms with E-state index >= 15 is 0 Å². The Bertz CT molecular complexity index is 415. The summed E-state index contributed by atoms with van der Waals surface area (Å²) in [5, 5.41) is 17.5. The van der Waals surface area contributed by atoms with Gasteiger partial charge in [-0.2, -0.15) is 13.2 Å². The SMILES string of the molecule is O=C(O)C(O)(c1ccccc1F)C(F)(F)F. The van der Waals surface area contributed by atoms with E-state index in [4.69, 9.17) is 10.2 Å². The highest BCUT2D eigenvalue weighted by Crippen LogP contribution is 2.40. The lowest BCUT2D eigenvalue weighted by atomic mass is 9.93. The Hall–Kier alpha value is -1.63. The molecule has 0 heterocycles. The Kier molecular flexibility index (Phi) is 2.91. The van der Waals surface area contributed by atoms with Crippen LogP contribution in [0.3, 0.4) is 0 Å². The largest absolute Gasteiger partial charge is 0.479 e. The number of carbonyl (C=O) groups is 1. The molecule has 0 spiro atoms. The Morgan fingerprint density at radius 3 is 2.06 bits per heavy atom. The minimum atomic E-state index is -5.51. The van der Waals surface area contributed by atoms with Gasteiger partial charge in [0, 0.05) is 5.56 Å². The zero-order valence-corrected chi connectivity index (χ0v) is 7.62. The van der Waals surface area contributed by atoms with Crippen molar-refractivity contribution in [3.63, 3.8) is 0 Å². The normalized spacial score (nSPS) is 15.6. The molecule has 0 aromatic heterocycles. The van der Waals surface area contributed by atoms with E-state index in [0.717, 1.165) is 12.1 Å². The molecule has 7 heteroatoms. The van der Waals surface area contributed by atoms with Crippen LogP contribution in [0.15, 0.2) is 24.3 Å². The maximum Gasteiger partial charge on any atom is 0.432 e. The molecule has 1 atom stereocenters. The van der Waals surface area contributed by atoms with Crippen LogP contribution in [0.5, 0.6) is 0 Å². The van der Waals surface area contributed by atoms with Gasteiger partial charge in [0.25, 0.3) is 5.60 Å². The van der Waals surface area contributed by atoms with E-state index in [9.17, 15) is 22.4 Å². The molecule has 16 heavy (non-hydrogen) atoms. The van der Waals surface area contributed by atoms with Crippen LogP contribution in [0.1, 0.15) is 5.56 Å². The fourth-order valence-electron chi connectivity index (χ4n) is 1.14. The summed E-state index contributed by atoms with van der Waals surface area (Å²) in [6.07, 6.45) is -5.51. The number of carboxylic acid groups (broad SMARTS) is 1. The van der Waals surface area contributed by atoms with Crippen LogP contribution in [-0.4, -0.2) is 22.4 Å². The summed E-state index contributed by atoms with van der Waals surface area (Å²) in [5.74, 6) is -4.02. The van der Waals surface area contributed by atoms with Crippen LogP contribution in [0.25, 0.3) is 0 Å². The molecule has 1 aromatic carbocycles. The first-order valence-corrected chi connectivity index (χ1v) is 3.98. The molecular weight excluding hydrogens is 232 g/mol. The van der Waals surface area contributed by atoms with E-state index in [0.29, 0.717) is 12.1 Å². The number of benzene rings is 1. The molecule has 0 bridgehead atoms. The maximum atomic E-state index is 13.1. The average molecular weight is 238 g/mol. The van der Waals surface area contributed by atoms with Crippen molar-refractivity contribution in [2.45, 2.75) is 11.8 Å². The zero-order chi connectivity index (χ0) is 12.6. The number of alkyl halides is 3. The minimum Gasteiger partial charge on any atom is -0.479 e. The Morgan fingerprint density at radius 1 is 1.19 bits per heavy atom. The first-order valence-electron chi connectivity index (χ1n) is 3.98. The predicted octanol–water partition coefficient (Wildman–Crippen LogP) is 1.66. The quantitative estimate of drug-likeness (QED) is 0.770. The number of aliphatic hydroxyl groups is 1. The van der Waals surface area contributed by atoms with Crippen LogP contribution in [0.2, 0.25) is 0 Å². The molecule has 1 aromatic rings. The second-order valence-electron chi connectivity index (χ2n) is 2.99. The summed E-state index contributed by atoms with van der Waals surface area (Å²) in [7, 11) is 0. The Labute approximate surface area is 86.9 Å². The molecule has 0 saturated heterocycles. The maximum absolute atomic E-state index is 13.1. The number of carboxylic acids is 1. The van der Waals surface area contributed by atoms with Gasteiger partial charge < -0.3 is 10.2 Å². The second-order valence-corrected chi connectivity index (χ2v) is 2.99. The van der Waals surface area contributed by atoms with Gasteiger partial charge >= 0.3 is 12.1 Å². The van der Waals surface area contributed by atoms with Crippen molar-refractivity contribution in [2.75, 3.05) is 0 Å². The van der Waals surface area contributed by atoms with Crippen molar-refractivity contribution in [1.29, 1.82) is 0 Å². The molecule has 0 aliphatic carbocycles. The van der Waals surface area contributed by atoms with E-state index < -0.39 is 29.1 Å². The van der Waals surface area contributed by atoms with Crippen LogP contribution < -0.4 is 0 Å². The monoisotopic (exact) mass is 238 g/mol. The van der Waals surface area contributed by atoms with E-state index in [1.165, 1.54) is 0 Å². The van der Waals surface area contributed by atoms with Crippen molar-refractivity contribution < 1.29 is 32.6 Å². The topological polar surface area (TPSA) is 57.5 Å². The van der Waals surface area contributed by atoms with Gasteiger partial charge in [-0.05, 0) is 6.07 Å². The van der Waals surface area contributed by atoms with Crippen molar-refractivity contribution in [3.8, 4) is 0 Å². The minimum absolute atomic E-state index is 0.566. The molecule has 0 aliphatic rings. The van der Waals surface area contributed by atoms with E-state index in [1.807, 2.05) is 0 Å². The van der Waals surface area contributed by atoms with Crippen molar-refractivity contribution in [1.82, 2.24) is 0 Å². The molecular formula is C9H6F4O3. The van der Waals surface area contributed by atoms with Crippen LogP contribution in [-0.2, 0) is 10.4 Å². The van der Waals surface area contributed by atoms with Gasteiger partial charge in [0.15, 0.2) is 0 Å². The predicted molar refractivity (Wildman–Crippen MR) is 44.0 cm³/mol. The lowest BCUT2D eigenvalue weighted by Gasteiger charge is -2.26. The summed E-state index contributed by atoms with van der Waals surface area (Å²) in [4.78, 5) is 10.5. The number of aliphatic carboxylic acids is 1. The molecule has 3 nitrogen and oxygen atoms in total. The third-order valence-corrected chi connectivity index (χ3v) is 1.98. The van der Waals surface area contributed by atoms with Gasteiger partial charge in [-0.3, -0.25) is 0 Å². The molecule has 0 radical (unpaired) electrons. The van der Waals surface area contributed by atoms with Crippen LogP contribution in [0.4, 0.5) is 17.6 Å². The summed E-state index contributed by atoms with van der Waals surface area (Å²) in [6, 6.07) is 3.28. The van der Waals surface area contributed by atoms with Crippen molar-refractivity contribution >= 4 is 5.97 Å². The molecule has 0 amide bonds. The zero-order valence-electron chi connectivity index (χ0n) is 7.62. The number of halogens is 4. The third-order valence-electron chi connectivity index (χ3n) is 1.98. The molecule has 2 N–H and O–H groups in total. The molecule has 0 saturated carbocycles. The van der Waals surface area contributed by atoms with Crippen molar-refractivity contribution in [3.05, 3.63) is 35.6 Å².